The molecule has 3 aliphatic rings. The summed E-state index contributed by atoms with van der Waals surface area (Å²) in [4.78, 5) is 45.1. The number of amides is 4. The van der Waals surface area contributed by atoms with Crippen LogP contribution in [0.4, 0.5) is 9.59 Å². The summed E-state index contributed by atoms with van der Waals surface area (Å²) in [5.41, 5.74) is 1.04. The minimum absolute atomic E-state index is 0.0597. The summed E-state index contributed by atoms with van der Waals surface area (Å²) in [6.45, 7) is 6.15. The van der Waals surface area contributed by atoms with Gasteiger partial charge in [-0.05, 0) is 37.5 Å². The molecule has 14 heteroatoms. The molecule has 182 valence electrons. The largest absolute Gasteiger partial charge is 0.465 e. The molecule has 0 radical (unpaired) electrons. The molecule has 13 nitrogen and oxygen atoms in total. The number of likely N-dealkylation sites (tertiary alicyclic amines) is 1. The number of carboxylic acid groups (broad SMARTS) is 1. The molecule has 3 fully saturated rings. The lowest BCUT2D eigenvalue weighted by Gasteiger charge is -2.53. The van der Waals surface area contributed by atoms with Crippen LogP contribution in [0.3, 0.4) is 0 Å². The molecular formula is C18H30N4O9S. The van der Waals surface area contributed by atoms with Crippen LogP contribution in [-0.2, 0) is 24.3 Å². The van der Waals surface area contributed by atoms with Crippen molar-refractivity contribution in [2.24, 2.45) is 5.41 Å². The van der Waals surface area contributed by atoms with Crippen molar-refractivity contribution < 1.29 is 41.6 Å². The predicted octanol–water partition coefficient (Wildman–Crippen LogP) is 0.986. The van der Waals surface area contributed by atoms with E-state index in [0.29, 0.717) is 18.0 Å². The molecule has 4 amide bonds. The lowest BCUT2D eigenvalue weighted by atomic mass is 9.68. The Morgan fingerprint density at radius 3 is 2.53 bits per heavy atom. The zero-order chi connectivity index (χ0) is 23.9. The summed E-state index contributed by atoms with van der Waals surface area (Å²) in [5.74, 6) is -0.604. The van der Waals surface area contributed by atoms with Gasteiger partial charge in [0.15, 0.2) is 0 Å². The Balaban J connectivity index is 1.65. The number of carbonyl (C=O) groups is 3. The molecule has 0 spiro atoms. The summed E-state index contributed by atoms with van der Waals surface area (Å²) in [6.07, 6.45) is 1.63. The predicted molar refractivity (Wildman–Crippen MR) is 108 cm³/mol. The number of hydrogen-bond donors (Lipinski definition) is 3. The van der Waals surface area contributed by atoms with Crippen LogP contribution < -0.4 is 5.48 Å². The first-order chi connectivity index (χ1) is 14.8. The van der Waals surface area contributed by atoms with Gasteiger partial charge in [-0.3, -0.25) is 19.1 Å². The van der Waals surface area contributed by atoms with Crippen molar-refractivity contribution in [3.8, 4) is 0 Å². The van der Waals surface area contributed by atoms with Gasteiger partial charge in [0.25, 0.3) is 5.91 Å². The topological polar surface area (TPSA) is 166 Å². The third kappa shape index (κ3) is 4.63. The fourth-order valence-corrected chi connectivity index (χ4v) is 5.25. The Morgan fingerprint density at radius 2 is 1.94 bits per heavy atom. The van der Waals surface area contributed by atoms with E-state index in [1.165, 1.54) is 4.90 Å². The quantitative estimate of drug-likeness (QED) is 0.372. The van der Waals surface area contributed by atoms with Crippen LogP contribution in [-0.4, -0.2) is 88.3 Å². The molecule has 0 aromatic heterocycles. The first-order valence-electron chi connectivity index (χ1n) is 10.5. The highest BCUT2D eigenvalue weighted by molar-refractivity contribution is 7.80. The van der Waals surface area contributed by atoms with Gasteiger partial charge in [-0.15, -0.1) is 4.28 Å². The molecule has 0 aliphatic carbocycles. The molecule has 3 rings (SSSR count). The van der Waals surface area contributed by atoms with Crippen molar-refractivity contribution in [3.05, 3.63) is 0 Å². The second-order valence-electron chi connectivity index (χ2n) is 9.44. The Hall–Kier alpha value is -2.16. The molecule has 3 N–H and O–H groups in total. The monoisotopic (exact) mass is 478 g/mol. The third-order valence-electron chi connectivity index (χ3n) is 6.65. The van der Waals surface area contributed by atoms with Gasteiger partial charge in [0.1, 0.15) is 6.04 Å². The van der Waals surface area contributed by atoms with Gasteiger partial charge in [0.05, 0.1) is 18.2 Å². The van der Waals surface area contributed by atoms with Gasteiger partial charge in [-0.2, -0.15) is 13.5 Å². The molecule has 32 heavy (non-hydrogen) atoms. The lowest BCUT2D eigenvalue weighted by Crippen LogP contribution is -2.64. The highest BCUT2D eigenvalue weighted by atomic mass is 32.3. The van der Waals surface area contributed by atoms with Crippen LogP contribution in [0.1, 0.15) is 52.9 Å². The van der Waals surface area contributed by atoms with Crippen LogP contribution in [0.15, 0.2) is 0 Å². The highest BCUT2D eigenvalue weighted by Gasteiger charge is 2.52. The van der Waals surface area contributed by atoms with E-state index < -0.39 is 51.5 Å². The van der Waals surface area contributed by atoms with Crippen molar-refractivity contribution >= 4 is 28.4 Å². The number of urea groups is 1. The number of piperidine rings is 2. The summed E-state index contributed by atoms with van der Waals surface area (Å²) in [6, 6.07) is -2.37. The van der Waals surface area contributed by atoms with Gasteiger partial charge in [-0.25, -0.2) is 15.1 Å². The van der Waals surface area contributed by atoms with Crippen LogP contribution in [0, 0.1) is 5.41 Å². The molecule has 2 bridgehead atoms. The lowest BCUT2D eigenvalue weighted by molar-refractivity contribution is -0.148. The van der Waals surface area contributed by atoms with Crippen LogP contribution in [0.5, 0.6) is 0 Å². The Labute approximate surface area is 186 Å². The number of nitrogens with zero attached hydrogens (tertiary/aromatic N) is 3. The van der Waals surface area contributed by atoms with E-state index in [0.717, 1.165) is 17.7 Å². The summed E-state index contributed by atoms with van der Waals surface area (Å²) in [5, 5.41) is 10.3. The number of fused-ring (bicyclic) bond motifs is 2. The van der Waals surface area contributed by atoms with Gasteiger partial charge >= 0.3 is 22.5 Å². The van der Waals surface area contributed by atoms with E-state index in [1.807, 2.05) is 20.8 Å². The van der Waals surface area contributed by atoms with Crippen LogP contribution in [0.25, 0.3) is 0 Å². The maximum Gasteiger partial charge on any atom is 0.418 e. The minimum atomic E-state index is -4.88. The van der Waals surface area contributed by atoms with Gasteiger partial charge in [0, 0.05) is 13.1 Å². The Kier molecular flexibility index (Phi) is 6.62. The first kappa shape index (κ1) is 24.5. The van der Waals surface area contributed by atoms with E-state index in [9.17, 15) is 27.9 Å². The SMILES string of the molecule is CC(C)(C)C1(CONC(=O)[C@@H]2CC[C@@H]3CN2C(=O)N3OS(=O)(=O)O)CCCCN1C(=O)O. The summed E-state index contributed by atoms with van der Waals surface area (Å²) in [7, 11) is -4.88. The molecule has 3 aliphatic heterocycles. The van der Waals surface area contributed by atoms with Crippen molar-refractivity contribution in [1.82, 2.24) is 20.3 Å². The van der Waals surface area contributed by atoms with E-state index in [-0.39, 0.29) is 26.0 Å². The van der Waals surface area contributed by atoms with Crippen LogP contribution >= 0.6 is 0 Å². The molecule has 3 atom stereocenters. The summed E-state index contributed by atoms with van der Waals surface area (Å²) >= 11 is 0. The van der Waals surface area contributed by atoms with Crippen LogP contribution in [0.2, 0.25) is 0 Å². The molecule has 3 saturated heterocycles. The number of nitrogens with one attached hydrogen (secondary N) is 1. The standard InChI is InChI=1S/C18H30N4O9S/c1-17(2,3)18(8-4-5-9-21(18)16(25)26)11-30-19-14(23)13-7-6-12-10-20(13)15(24)22(12)31-32(27,28)29/h12-13H,4-11H2,1-3H3,(H,19,23)(H,25,26)(H,27,28,29)/t12-,13+,18?/m1/s1. The number of carbonyl (C=O) groups excluding carboxylic acids is 2. The van der Waals surface area contributed by atoms with Gasteiger partial charge < -0.3 is 10.0 Å². The number of hydrogen-bond acceptors (Lipinski definition) is 7. The maximum absolute atomic E-state index is 12.7. The van der Waals surface area contributed by atoms with E-state index in [2.05, 4.69) is 9.76 Å². The van der Waals surface area contributed by atoms with Gasteiger partial charge in [-0.1, -0.05) is 20.8 Å². The molecule has 3 heterocycles. The zero-order valence-corrected chi connectivity index (χ0v) is 19.1. The normalized spacial score (nSPS) is 28.8. The second kappa shape index (κ2) is 8.65. The maximum atomic E-state index is 12.7. The highest BCUT2D eigenvalue weighted by Crippen LogP contribution is 2.43. The zero-order valence-electron chi connectivity index (χ0n) is 18.3. The first-order valence-corrected chi connectivity index (χ1v) is 11.8. The van der Waals surface area contributed by atoms with Crippen molar-refractivity contribution in [1.29, 1.82) is 0 Å². The molecule has 0 saturated carbocycles. The minimum Gasteiger partial charge on any atom is -0.465 e. The third-order valence-corrected chi connectivity index (χ3v) is 7.00. The van der Waals surface area contributed by atoms with E-state index in [4.69, 9.17) is 9.39 Å². The van der Waals surface area contributed by atoms with Crippen molar-refractivity contribution in [2.45, 2.75) is 70.5 Å². The fourth-order valence-electron chi connectivity index (χ4n) is 4.86. The molecule has 0 aromatic carbocycles. The number of hydroxylamine groups is 3. The molecular weight excluding hydrogens is 448 g/mol. The second-order valence-corrected chi connectivity index (χ2v) is 10.4. The van der Waals surface area contributed by atoms with E-state index >= 15 is 0 Å². The Morgan fingerprint density at radius 1 is 1.25 bits per heavy atom. The average Bonchev–Trinajstić information content (AvgIpc) is 2.90. The summed E-state index contributed by atoms with van der Waals surface area (Å²) < 4.78 is 35.2. The van der Waals surface area contributed by atoms with Gasteiger partial charge in [0.2, 0.25) is 0 Å². The van der Waals surface area contributed by atoms with Crippen molar-refractivity contribution in [2.75, 3.05) is 19.7 Å². The smallest absolute Gasteiger partial charge is 0.418 e. The fraction of sp³-hybridized carbons (Fsp3) is 0.833. The molecule has 1 unspecified atom stereocenters. The van der Waals surface area contributed by atoms with E-state index in [1.54, 1.807) is 0 Å². The Bertz CT molecular complexity index is 874. The number of rotatable bonds is 6. The molecule has 0 aromatic rings. The average molecular weight is 479 g/mol. The van der Waals surface area contributed by atoms with Crippen molar-refractivity contribution in [3.63, 3.8) is 0 Å².